The minimum atomic E-state index is 0.637. The standard InChI is InChI=1S/C18H26N2O/c1-4-16-6-5-15(2)20(13-16)11-12-21-14-17-7-9-18(19-3)10-8-17/h7-10,15-16H,4-6,11-14H2,1-2H3. The summed E-state index contributed by atoms with van der Waals surface area (Å²) in [6, 6.07) is 8.34. The van der Waals surface area contributed by atoms with Gasteiger partial charge in [-0.1, -0.05) is 37.6 Å². The first kappa shape index (κ1) is 16.0. The Morgan fingerprint density at radius 3 is 2.71 bits per heavy atom. The van der Waals surface area contributed by atoms with Gasteiger partial charge in [-0.05, 0) is 31.2 Å². The lowest BCUT2D eigenvalue weighted by Crippen LogP contribution is -2.43. The topological polar surface area (TPSA) is 16.8 Å². The fraction of sp³-hybridized carbons (Fsp3) is 0.611. The summed E-state index contributed by atoms with van der Waals surface area (Å²) in [4.78, 5) is 5.96. The van der Waals surface area contributed by atoms with Crippen molar-refractivity contribution >= 4 is 5.69 Å². The second-order valence-corrected chi connectivity index (χ2v) is 6.03. The molecule has 0 aliphatic carbocycles. The summed E-state index contributed by atoms with van der Waals surface area (Å²) in [6.07, 6.45) is 3.98. The maximum Gasteiger partial charge on any atom is 0.187 e. The van der Waals surface area contributed by atoms with Crippen LogP contribution < -0.4 is 0 Å². The zero-order valence-electron chi connectivity index (χ0n) is 13.2. The number of nitrogens with zero attached hydrogens (tertiary/aromatic N) is 2. The third-order valence-corrected chi connectivity index (χ3v) is 4.54. The van der Waals surface area contributed by atoms with E-state index in [4.69, 9.17) is 11.3 Å². The van der Waals surface area contributed by atoms with Gasteiger partial charge in [0.05, 0.1) is 19.8 Å². The summed E-state index contributed by atoms with van der Waals surface area (Å²) in [5.74, 6) is 0.863. The molecule has 0 saturated carbocycles. The summed E-state index contributed by atoms with van der Waals surface area (Å²) in [7, 11) is 0. The van der Waals surface area contributed by atoms with Gasteiger partial charge >= 0.3 is 0 Å². The van der Waals surface area contributed by atoms with Crippen LogP contribution in [0, 0.1) is 12.5 Å². The van der Waals surface area contributed by atoms with Crippen molar-refractivity contribution < 1.29 is 4.74 Å². The Bertz CT molecular complexity index is 463. The molecule has 3 heteroatoms. The molecule has 0 amide bonds. The van der Waals surface area contributed by atoms with Crippen molar-refractivity contribution in [2.75, 3.05) is 19.7 Å². The SMILES string of the molecule is [C-]#[N+]c1ccc(COCCN2CC(CC)CCC2C)cc1. The fourth-order valence-electron chi connectivity index (χ4n) is 2.95. The number of likely N-dealkylation sites (tertiary alicyclic amines) is 1. The van der Waals surface area contributed by atoms with E-state index < -0.39 is 0 Å². The van der Waals surface area contributed by atoms with E-state index in [0.29, 0.717) is 18.3 Å². The van der Waals surface area contributed by atoms with Crippen molar-refractivity contribution in [1.29, 1.82) is 0 Å². The number of benzene rings is 1. The highest BCUT2D eigenvalue weighted by atomic mass is 16.5. The van der Waals surface area contributed by atoms with Crippen LogP contribution in [0.2, 0.25) is 0 Å². The van der Waals surface area contributed by atoms with Crippen molar-refractivity contribution in [3.8, 4) is 0 Å². The predicted octanol–water partition coefficient (Wildman–Crippen LogP) is 4.26. The van der Waals surface area contributed by atoms with Crippen LogP contribution >= 0.6 is 0 Å². The second-order valence-electron chi connectivity index (χ2n) is 6.03. The molecular weight excluding hydrogens is 260 g/mol. The number of ether oxygens (including phenoxy) is 1. The molecule has 1 aliphatic rings. The molecule has 0 radical (unpaired) electrons. The van der Waals surface area contributed by atoms with Crippen LogP contribution in [-0.2, 0) is 11.3 Å². The van der Waals surface area contributed by atoms with Gasteiger partial charge in [0.2, 0.25) is 0 Å². The van der Waals surface area contributed by atoms with E-state index in [1.54, 1.807) is 0 Å². The van der Waals surface area contributed by atoms with E-state index in [-0.39, 0.29) is 0 Å². The van der Waals surface area contributed by atoms with Crippen LogP contribution in [0.3, 0.4) is 0 Å². The summed E-state index contributed by atoms with van der Waals surface area (Å²) in [6.45, 7) is 15.2. The molecule has 3 nitrogen and oxygen atoms in total. The van der Waals surface area contributed by atoms with Crippen LogP contribution in [-0.4, -0.2) is 30.6 Å². The molecule has 1 saturated heterocycles. The van der Waals surface area contributed by atoms with E-state index in [1.165, 1.54) is 25.8 Å². The van der Waals surface area contributed by atoms with E-state index in [2.05, 4.69) is 23.6 Å². The first-order valence-corrected chi connectivity index (χ1v) is 8.01. The van der Waals surface area contributed by atoms with Crippen LogP contribution in [0.1, 0.15) is 38.7 Å². The molecule has 1 heterocycles. The Labute approximate surface area is 128 Å². The third-order valence-electron chi connectivity index (χ3n) is 4.54. The highest BCUT2D eigenvalue weighted by Gasteiger charge is 2.23. The Morgan fingerprint density at radius 2 is 2.05 bits per heavy atom. The van der Waals surface area contributed by atoms with Gasteiger partial charge in [0.1, 0.15) is 0 Å². The van der Waals surface area contributed by atoms with Crippen molar-refractivity contribution in [3.63, 3.8) is 0 Å². The Morgan fingerprint density at radius 1 is 1.29 bits per heavy atom. The number of piperidine rings is 1. The zero-order chi connectivity index (χ0) is 15.1. The molecule has 0 aromatic heterocycles. The minimum absolute atomic E-state index is 0.637. The molecule has 2 atom stereocenters. The van der Waals surface area contributed by atoms with Gasteiger partial charge in [0.25, 0.3) is 0 Å². The van der Waals surface area contributed by atoms with Crippen LogP contribution in [0.4, 0.5) is 5.69 Å². The van der Waals surface area contributed by atoms with Crippen molar-refractivity contribution in [1.82, 2.24) is 4.90 Å². The first-order chi connectivity index (χ1) is 10.2. The second kappa shape index (κ2) is 8.17. The smallest absolute Gasteiger partial charge is 0.187 e. The van der Waals surface area contributed by atoms with Crippen LogP contribution in [0.15, 0.2) is 24.3 Å². The Hall–Kier alpha value is -1.37. The summed E-state index contributed by atoms with van der Waals surface area (Å²) >= 11 is 0. The maximum absolute atomic E-state index is 6.93. The number of rotatable bonds is 6. The van der Waals surface area contributed by atoms with Gasteiger partial charge in [-0.2, -0.15) is 0 Å². The van der Waals surface area contributed by atoms with E-state index in [0.717, 1.165) is 24.6 Å². The molecule has 1 aromatic rings. The van der Waals surface area contributed by atoms with E-state index in [1.807, 2.05) is 24.3 Å². The Balaban J connectivity index is 1.70. The first-order valence-electron chi connectivity index (χ1n) is 8.01. The highest BCUT2D eigenvalue weighted by molar-refractivity contribution is 5.45. The van der Waals surface area contributed by atoms with Gasteiger partial charge in [-0.25, -0.2) is 4.85 Å². The third kappa shape index (κ3) is 4.84. The molecule has 2 rings (SSSR count). The monoisotopic (exact) mass is 286 g/mol. The minimum Gasteiger partial charge on any atom is -0.375 e. The van der Waals surface area contributed by atoms with Crippen molar-refractivity contribution in [3.05, 3.63) is 41.2 Å². The molecule has 2 unspecified atom stereocenters. The molecule has 1 aliphatic heterocycles. The quantitative estimate of drug-likeness (QED) is 0.574. The lowest BCUT2D eigenvalue weighted by atomic mass is 9.92. The van der Waals surface area contributed by atoms with Gasteiger partial charge in [0, 0.05) is 19.1 Å². The largest absolute Gasteiger partial charge is 0.375 e. The normalized spacial score (nSPS) is 22.9. The molecule has 0 N–H and O–H groups in total. The van der Waals surface area contributed by atoms with Crippen molar-refractivity contribution in [2.24, 2.45) is 5.92 Å². The predicted molar refractivity (Wildman–Crippen MR) is 86.4 cm³/mol. The van der Waals surface area contributed by atoms with Crippen molar-refractivity contribution in [2.45, 2.75) is 45.8 Å². The van der Waals surface area contributed by atoms with Gasteiger partial charge in [-0.15, -0.1) is 0 Å². The average molecular weight is 286 g/mol. The van der Waals surface area contributed by atoms with E-state index in [9.17, 15) is 0 Å². The molecule has 0 bridgehead atoms. The van der Waals surface area contributed by atoms with E-state index >= 15 is 0 Å². The maximum atomic E-state index is 6.93. The summed E-state index contributed by atoms with van der Waals surface area (Å²) < 4.78 is 5.79. The lowest BCUT2D eigenvalue weighted by Gasteiger charge is -2.37. The van der Waals surface area contributed by atoms with Gasteiger partial charge < -0.3 is 4.74 Å². The van der Waals surface area contributed by atoms with Gasteiger partial charge in [0.15, 0.2) is 5.69 Å². The molecule has 0 spiro atoms. The summed E-state index contributed by atoms with van der Waals surface area (Å²) in [5, 5.41) is 0. The van der Waals surface area contributed by atoms with Crippen LogP contribution in [0.5, 0.6) is 0 Å². The van der Waals surface area contributed by atoms with Gasteiger partial charge in [-0.3, -0.25) is 4.90 Å². The molecule has 1 fully saturated rings. The molecule has 114 valence electrons. The zero-order valence-corrected chi connectivity index (χ0v) is 13.2. The molecular formula is C18H26N2O. The average Bonchev–Trinajstić information content (AvgIpc) is 2.53. The number of hydrogen-bond acceptors (Lipinski definition) is 2. The molecule has 1 aromatic carbocycles. The summed E-state index contributed by atoms with van der Waals surface area (Å²) in [5.41, 5.74) is 1.83. The Kier molecular flexibility index (Phi) is 6.22. The fourth-order valence-corrected chi connectivity index (χ4v) is 2.95. The van der Waals surface area contributed by atoms with Crippen LogP contribution in [0.25, 0.3) is 4.85 Å². The molecule has 21 heavy (non-hydrogen) atoms. The number of hydrogen-bond donors (Lipinski definition) is 0. The lowest BCUT2D eigenvalue weighted by molar-refractivity contribution is 0.0530. The highest BCUT2D eigenvalue weighted by Crippen LogP contribution is 2.23.